The smallest absolute Gasteiger partial charge is 0.248 e. The third-order valence-electron chi connectivity index (χ3n) is 4.03. The van der Waals surface area contributed by atoms with Crippen molar-refractivity contribution >= 4 is 17.7 Å². The van der Waals surface area contributed by atoms with Crippen LogP contribution in [0.25, 0.3) is 6.08 Å². The van der Waals surface area contributed by atoms with Gasteiger partial charge in [-0.3, -0.25) is 4.79 Å². The van der Waals surface area contributed by atoms with Crippen LogP contribution >= 0.6 is 0 Å². The minimum atomic E-state index is -0.199. The third kappa shape index (κ3) is 5.48. The number of nitrogens with one attached hydrogen (secondary N) is 1. The van der Waals surface area contributed by atoms with Gasteiger partial charge in [0.25, 0.3) is 0 Å². The highest BCUT2D eigenvalue weighted by Gasteiger charge is 2.02. The summed E-state index contributed by atoms with van der Waals surface area (Å²) in [6.07, 6.45) is 6.87. The van der Waals surface area contributed by atoms with Crippen LogP contribution < -0.4 is 14.8 Å². The number of ether oxygens (including phenoxy) is 2. The van der Waals surface area contributed by atoms with Gasteiger partial charge < -0.3 is 19.4 Å². The van der Waals surface area contributed by atoms with Gasteiger partial charge in [-0.1, -0.05) is 12.1 Å². The Kier molecular flexibility index (Phi) is 6.46. The zero-order chi connectivity index (χ0) is 19.8. The summed E-state index contributed by atoms with van der Waals surface area (Å²) in [6, 6.07) is 14.8. The Labute approximate surface area is 164 Å². The maximum Gasteiger partial charge on any atom is 0.248 e. The molecule has 0 atom stereocenters. The number of aryl methyl sites for hydroxylation is 1. The van der Waals surface area contributed by atoms with Crippen LogP contribution in [0.3, 0.4) is 0 Å². The second-order valence-corrected chi connectivity index (χ2v) is 6.09. The Morgan fingerprint density at radius 2 is 1.75 bits per heavy atom. The lowest BCUT2D eigenvalue weighted by atomic mass is 10.2. The molecule has 2 aromatic carbocycles. The average molecular weight is 377 g/mol. The van der Waals surface area contributed by atoms with Crippen molar-refractivity contribution in [2.24, 2.45) is 7.05 Å². The minimum Gasteiger partial charge on any atom is -0.494 e. The van der Waals surface area contributed by atoms with Gasteiger partial charge in [0.2, 0.25) is 5.91 Å². The fourth-order valence-electron chi connectivity index (χ4n) is 2.52. The largest absolute Gasteiger partial charge is 0.494 e. The van der Waals surface area contributed by atoms with Crippen LogP contribution in [-0.4, -0.2) is 22.1 Å². The molecule has 0 aliphatic carbocycles. The van der Waals surface area contributed by atoms with Gasteiger partial charge in [0, 0.05) is 31.2 Å². The molecule has 1 aromatic heterocycles. The first-order valence-corrected chi connectivity index (χ1v) is 9.05. The predicted octanol–water partition coefficient (Wildman–Crippen LogP) is 4.05. The van der Waals surface area contributed by atoms with Crippen LogP contribution in [0.5, 0.6) is 11.5 Å². The fourth-order valence-corrected chi connectivity index (χ4v) is 2.52. The van der Waals surface area contributed by atoms with E-state index in [0.717, 1.165) is 17.1 Å². The van der Waals surface area contributed by atoms with E-state index in [4.69, 9.17) is 9.47 Å². The van der Waals surface area contributed by atoms with Gasteiger partial charge in [-0.05, 0) is 55.0 Å². The maximum atomic E-state index is 12.1. The first-order chi connectivity index (χ1) is 13.6. The number of benzene rings is 2. The predicted molar refractivity (Wildman–Crippen MR) is 109 cm³/mol. The van der Waals surface area contributed by atoms with Gasteiger partial charge in [0.05, 0.1) is 6.61 Å². The third-order valence-corrected chi connectivity index (χ3v) is 4.03. The number of rotatable bonds is 8. The Balaban J connectivity index is 1.50. The molecular weight excluding hydrogens is 354 g/mol. The number of anilines is 1. The molecule has 0 radical (unpaired) electrons. The zero-order valence-corrected chi connectivity index (χ0v) is 16.0. The molecule has 1 heterocycles. The first-order valence-electron chi connectivity index (χ1n) is 9.05. The van der Waals surface area contributed by atoms with Gasteiger partial charge in [0.1, 0.15) is 23.9 Å². The molecule has 3 rings (SSSR count). The molecule has 6 heteroatoms. The summed E-state index contributed by atoms with van der Waals surface area (Å²) in [7, 11) is 1.92. The topological polar surface area (TPSA) is 65.4 Å². The second-order valence-electron chi connectivity index (χ2n) is 6.09. The summed E-state index contributed by atoms with van der Waals surface area (Å²) >= 11 is 0. The molecule has 0 saturated carbocycles. The molecule has 1 N–H and O–H groups in total. The number of hydrogen-bond donors (Lipinski definition) is 1. The number of carbonyl (C=O) groups excluding carboxylic acids is 1. The van der Waals surface area contributed by atoms with Crippen LogP contribution in [0.4, 0.5) is 5.69 Å². The Morgan fingerprint density at radius 3 is 2.39 bits per heavy atom. The summed E-state index contributed by atoms with van der Waals surface area (Å²) in [5.41, 5.74) is 1.63. The van der Waals surface area contributed by atoms with E-state index < -0.39 is 0 Å². The minimum absolute atomic E-state index is 0.199. The van der Waals surface area contributed by atoms with Gasteiger partial charge in [0.15, 0.2) is 0 Å². The van der Waals surface area contributed by atoms with E-state index in [9.17, 15) is 4.79 Å². The number of imidazole rings is 1. The van der Waals surface area contributed by atoms with Gasteiger partial charge in [-0.2, -0.15) is 0 Å². The number of carbonyl (C=O) groups is 1. The fraction of sp³-hybridized carbons (Fsp3) is 0.182. The zero-order valence-electron chi connectivity index (χ0n) is 16.0. The van der Waals surface area contributed by atoms with Crippen molar-refractivity contribution in [3.05, 3.63) is 78.4 Å². The van der Waals surface area contributed by atoms with Gasteiger partial charge in [-0.25, -0.2) is 4.98 Å². The van der Waals surface area contributed by atoms with E-state index in [2.05, 4.69) is 10.3 Å². The van der Waals surface area contributed by atoms with Gasteiger partial charge in [-0.15, -0.1) is 0 Å². The summed E-state index contributed by atoms with van der Waals surface area (Å²) in [4.78, 5) is 16.3. The lowest BCUT2D eigenvalue weighted by Crippen LogP contribution is -2.07. The standard InChI is InChI=1S/C22H23N3O3/c1-3-27-19-9-4-17(5-10-19)6-13-22(26)24-18-7-11-20(12-8-18)28-16-21-23-14-15-25(21)2/h4-15H,3,16H2,1-2H3,(H,24,26)/b13-6+. The lowest BCUT2D eigenvalue weighted by Gasteiger charge is -2.07. The molecule has 144 valence electrons. The van der Waals surface area contributed by atoms with Gasteiger partial charge >= 0.3 is 0 Å². The highest BCUT2D eigenvalue weighted by atomic mass is 16.5. The van der Waals surface area contributed by atoms with E-state index in [1.54, 1.807) is 24.4 Å². The summed E-state index contributed by atoms with van der Waals surface area (Å²) in [5, 5.41) is 2.83. The highest BCUT2D eigenvalue weighted by Crippen LogP contribution is 2.17. The SMILES string of the molecule is CCOc1ccc(/C=C/C(=O)Nc2ccc(OCc3nccn3C)cc2)cc1. The van der Waals surface area contributed by atoms with Crippen molar-refractivity contribution in [3.8, 4) is 11.5 Å². The molecular formula is C22H23N3O3. The van der Waals surface area contributed by atoms with E-state index in [0.29, 0.717) is 24.7 Å². The van der Waals surface area contributed by atoms with Crippen molar-refractivity contribution < 1.29 is 14.3 Å². The molecule has 3 aromatic rings. The molecule has 0 aliphatic rings. The lowest BCUT2D eigenvalue weighted by molar-refractivity contribution is -0.111. The van der Waals surface area contributed by atoms with Crippen molar-refractivity contribution in [2.45, 2.75) is 13.5 Å². The molecule has 0 spiro atoms. The maximum absolute atomic E-state index is 12.1. The van der Waals surface area contributed by atoms with E-state index in [1.807, 2.05) is 61.1 Å². The first kappa shape index (κ1) is 19.2. The Bertz CT molecular complexity index is 928. The molecule has 1 amide bonds. The van der Waals surface area contributed by atoms with Crippen LogP contribution in [0.1, 0.15) is 18.3 Å². The van der Waals surface area contributed by atoms with E-state index in [-0.39, 0.29) is 5.91 Å². The normalized spacial score (nSPS) is 10.8. The Morgan fingerprint density at radius 1 is 1.07 bits per heavy atom. The Hall–Kier alpha value is -3.54. The van der Waals surface area contributed by atoms with Crippen molar-refractivity contribution in [3.63, 3.8) is 0 Å². The number of nitrogens with zero attached hydrogens (tertiary/aromatic N) is 2. The highest BCUT2D eigenvalue weighted by molar-refractivity contribution is 6.01. The molecule has 0 unspecified atom stereocenters. The molecule has 0 bridgehead atoms. The van der Waals surface area contributed by atoms with Crippen LogP contribution in [-0.2, 0) is 18.4 Å². The summed E-state index contributed by atoms with van der Waals surface area (Å²) in [6.45, 7) is 2.96. The molecule has 0 aliphatic heterocycles. The number of aromatic nitrogens is 2. The molecule has 6 nitrogen and oxygen atoms in total. The summed E-state index contributed by atoms with van der Waals surface area (Å²) in [5.74, 6) is 2.17. The van der Waals surface area contributed by atoms with Crippen molar-refractivity contribution in [1.82, 2.24) is 9.55 Å². The van der Waals surface area contributed by atoms with Crippen LogP contribution in [0, 0.1) is 0 Å². The number of hydrogen-bond acceptors (Lipinski definition) is 4. The molecule has 0 saturated heterocycles. The quantitative estimate of drug-likeness (QED) is 0.602. The van der Waals surface area contributed by atoms with E-state index in [1.165, 1.54) is 6.08 Å². The van der Waals surface area contributed by atoms with E-state index >= 15 is 0 Å². The average Bonchev–Trinajstić information content (AvgIpc) is 3.12. The molecule has 0 fully saturated rings. The summed E-state index contributed by atoms with van der Waals surface area (Å²) < 4.78 is 13.0. The van der Waals surface area contributed by atoms with Crippen molar-refractivity contribution in [1.29, 1.82) is 0 Å². The van der Waals surface area contributed by atoms with Crippen LogP contribution in [0.15, 0.2) is 67.0 Å². The second kappa shape index (κ2) is 9.41. The van der Waals surface area contributed by atoms with Crippen LogP contribution in [0.2, 0.25) is 0 Å². The monoisotopic (exact) mass is 377 g/mol. The number of amides is 1. The molecule has 28 heavy (non-hydrogen) atoms. The van der Waals surface area contributed by atoms with Crippen molar-refractivity contribution in [2.75, 3.05) is 11.9 Å².